The Hall–Kier alpha value is -2.02. The van der Waals surface area contributed by atoms with Crippen molar-refractivity contribution >= 4 is 17.6 Å². The summed E-state index contributed by atoms with van der Waals surface area (Å²) >= 11 is 0. The van der Waals surface area contributed by atoms with Gasteiger partial charge in [0.2, 0.25) is 0 Å². The molecular formula is C15H16F2N2O3. The van der Waals surface area contributed by atoms with E-state index in [4.69, 9.17) is 5.11 Å². The summed E-state index contributed by atoms with van der Waals surface area (Å²) in [6, 6.07) is 3.29. The molecule has 1 aromatic rings. The maximum atomic E-state index is 15.0. The Morgan fingerprint density at radius 1 is 1.41 bits per heavy atom. The number of nitrogens with zero attached hydrogens (tertiary/aromatic N) is 2. The van der Waals surface area contributed by atoms with Gasteiger partial charge >= 0.3 is 5.97 Å². The number of rotatable bonds is 2. The summed E-state index contributed by atoms with van der Waals surface area (Å²) < 4.78 is 29.1. The Bertz CT molecular complexity index is 652. The summed E-state index contributed by atoms with van der Waals surface area (Å²) in [4.78, 5) is 26.3. The van der Waals surface area contributed by atoms with Gasteiger partial charge in [0, 0.05) is 32.0 Å². The lowest BCUT2D eigenvalue weighted by atomic mass is 9.85. The van der Waals surface area contributed by atoms with E-state index in [1.54, 1.807) is 0 Å². The highest BCUT2D eigenvalue weighted by molar-refractivity contribution is 6.02. The highest BCUT2D eigenvalue weighted by atomic mass is 19.1. The van der Waals surface area contributed by atoms with Gasteiger partial charge in [-0.3, -0.25) is 4.79 Å². The zero-order valence-corrected chi connectivity index (χ0v) is 12.1. The van der Waals surface area contributed by atoms with E-state index in [9.17, 15) is 18.4 Å². The predicted molar refractivity (Wildman–Crippen MR) is 75.2 cm³/mol. The molecule has 2 aliphatic heterocycles. The third-order valence-corrected chi connectivity index (χ3v) is 4.53. The minimum atomic E-state index is -1.95. The number of hydrogen-bond acceptors (Lipinski definition) is 3. The molecule has 0 unspecified atom stereocenters. The Morgan fingerprint density at radius 2 is 2.14 bits per heavy atom. The van der Waals surface area contributed by atoms with Crippen LogP contribution in [0.15, 0.2) is 18.2 Å². The van der Waals surface area contributed by atoms with E-state index < -0.39 is 29.3 Å². The predicted octanol–water partition coefficient (Wildman–Crippen LogP) is 1.53. The average Bonchev–Trinajstić information content (AvgIpc) is 2.71. The fourth-order valence-electron chi connectivity index (χ4n) is 3.25. The molecule has 0 aliphatic carbocycles. The smallest absolute Gasteiger partial charge is 0.335 e. The summed E-state index contributed by atoms with van der Waals surface area (Å²) in [5, 5.41) is 8.84. The quantitative estimate of drug-likeness (QED) is 0.900. The highest BCUT2D eigenvalue weighted by Crippen LogP contribution is 2.41. The van der Waals surface area contributed by atoms with Gasteiger partial charge in [-0.15, -0.1) is 0 Å². The first-order valence-electron chi connectivity index (χ1n) is 7.05. The van der Waals surface area contributed by atoms with Crippen molar-refractivity contribution in [1.82, 2.24) is 4.90 Å². The van der Waals surface area contributed by atoms with Crippen molar-refractivity contribution in [2.75, 3.05) is 31.6 Å². The molecule has 3 rings (SSSR count). The molecule has 2 fully saturated rings. The summed E-state index contributed by atoms with van der Waals surface area (Å²) in [6.45, 7) is 1.02. The molecular weight excluding hydrogens is 294 g/mol. The monoisotopic (exact) mass is 310 g/mol. The number of fused-ring (bicyclic) bond motifs is 1. The molecule has 2 heterocycles. The number of hydrogen-bond donors (Lipinski definition) is 1. The Morgan fingerprint density at radius 3 is 2.77 bits per heavy atom. The summed E-state index contributed by atoms with van der Waals surface area (Å²) in [5.74, 6) is -3.32. The number of alkyl halides is 1. The van der Waals surface area contributed by atoms with E-state index in [1.807, 2.05) is 11.9 Å². The van der Waals surface area contributed by atoms with Gasteiger partial charge in [-0.05, 0) is 25.2 Å². The molecule has 118 valence electrons. The van der Waals surface area contributed by atoms with Crippen molar-refractivity contribution in [2.45, 2.75) is 12.1 Å². The molecule has 22 heavy (non-hydrogen) atoms. The zero-order chi connectivity index (χ0) is 16.1. The molecule has 0 saturated carbocycles. The maximum Gasteiger partial charge on any atom is 0.335 e. The second-order valence-electron chi connectivity index (χ2n) is 5.96. The normalized spacial score (nSPS) is 28.8. The van der Waals surface area contributed by atoms with Gasteiger partial charge in [-0.2, -0.15) is 0 Å². The van der Waals surface area contributed by atoms with E-state index >= 15 is 0 Å². The third kappa shape index (κ3) is 2.16. The average molecular weight is 310 g/mol. The van der Waals surface area contributed by atoms with Crippen LogP contribution in [0.4, 0.5) is 14.5 Å². The van der Waals surface area contributed by atoms with Gasteiger partial charge in [0.15, 0.2) is 5.67 Å². The second kappa shape index (κ2) is 5.01. The molecule has 2 atom stereocenters. The number of halogens is 2. The number of carboxylic acids is 1. The van der Waals surface area contributed by atoms with Gasteiger partial charge in [-0.1, -0.05) is 0 Å². The van der Waals surface area contributed by atoms with E-state index in [0.29, 0.717) is 13.1 Å². The van der Waals surface area contributed by atoms with Crippen LogP contribution in [0.25, 0.3) is 0 Å². The van der Waals surface area contributed by atoms with Gasteiger partial charge in [-0.25, -0.2) is 13.6 Å². The molecule has 0 spiro atoms. The van der Waals surface area contributed by atoms with Crippen LogP contribution in [-0.2, 0) is 4.79 Å². The van der Waals surface area contributed by atoms with E-state index in [0.717, 1.165) is 11.0 Å². The van der Waals surface area contributed by atoms with Gasteiger partial charge in [0.1, 0.15) is 5.82 Å². The topological polar surface area (TPSA) is 60.9 Å². The van der Waals surface area contributed by atoms with Crippen LogP contribution in [0, 0.1) is 11.7 Å². The van der Waals surface area contributed by atoms with Gasteiger partial charge in [0.25, 0.3) is 5.91 Å². The summed E-state index contributed by atoms with van der Waals surface area (Å²) in [7, 11) is 1.86. The third-order valence-electron chi connectivity index (χ3n) is 4.53. The standard InChI is InChI=1S/C15H16F2N2O3/c1-18-5-4-15(17)10(7-18)8-19(14(15)22)12-3-2-9(13(20)21)6-11(12)16/h2-3,6,10H,4-5,7-8H2,1H3,(H,20,21)/t10-,15+/m1/s1. The Labute approximate surface area is 126 Å². The van der Waals surface area contributed by atoms with Crippen molar-refractivity contribution in [3.8, 4) is 0 Å². The van der Waals surface area contributed by atoms with Gasteiger partial charge in [0.05, 0.1) is 11.3 Å². The zero-order valence-electron chi connectivity index (χ0n) is 12.1. The van der Waals surface area contributed by atoms with E-state index in [2.05, 4.69) is 0 Å². The number of carbonyl (C=O) groups is 2. The minimum absolute atomic E-state index is 0.0657. The molecule has 0 radical (unpaired) electrons. The number of aromatic carboxylic acids is 1. The molecule has 0 aromatic heterocycles. The van der Waals surface area contributed by atoms with E-state index in [1.165, 1.54) is 12.1 Å². The lowest BCUT2D eigenvalue weighted by molar-refractivity contribution is -0.131. The number of piperidine rings is 1. The number of benzene rings is 1. The first-order chi connectivity index (χ1) is 10.3. The number of anilines is 1. The number of carbonyl (C=O) groups excluding carboxylic acids is 1. The SMILES string of the molecule is CN1CC[C@@]2(F)C(=O)N(c3ccc(C(=O)O)cc3F)C[C@H]2C1. The first kappa shape index (κ1) is 14.9. The van der Waals surface area contributed by atoms with Crippen LogP contribution < -0.4 is 4.90 Å². The molecule has 1 N–H and O–H groups in total. The van der Waals surface area contributed by atoms with Crippen molar-refractivity contribution in [1.29, 1.82) is 0 Å². The summed E-state index contributed by atoms with van der Waals surface area (Å²) in [6.07, 6.45) is 0.0956. The maximum absolute atomic E-state index is 15.0. The molecule has 7 heteroatoms. The Kier molecular flexibility index (Phi) is 3.40. The van der Waals surface area contributed by atoms with Crippen LogP contribution in [-0.4, -0.2) is 54.2 Å². The van der Waals surface area contributed by atoms with Crippen molar-refractivity contribution in [3.05, 3.63) is 29.6 Å². The molecule has 0 bridgehead atoms. The van der Waals surface area contributed by atoms with Crippen molar-refractivity contribution in [3.63, 3.8) is 0 Å². The fourth-order valence-corrected chi connectivity index (χ4v) is 3.25. The Balaban J connectivity index is 1.93. The van der Waals surface area contributed by atoms with Crippen LogP contribution in [0.2, 0.25) is 0 Å². The summed E-state index contributed by atoms with van der Waals surface area (Å²) in [5.41, 5.74) is -2.23. The van der Waals surface area contributed by atoms with Crippen LogP contribution in [0.5, 0.6) is 0 Å². The lowest BCUT2D eigenvalue weighted by Gasteiger charge is -2.34. The molecule has 1 amide bonds. The second-order valence-corrected chi connectivity index (χ2v) is 5.96. The number of likely N-dealkylation sites (tertiary alicyclic amines) is 1. The number of amides is 1. The fraction of sp³-hybridized carbons (Fsp3) is 0.467. The van der Waals surface area contributed by atoms with Crippen LogP contribution >= 0.6 is 0 Å². The molecule has 1 aromatic carbocycles. The minimum Gasteiger partial charge on any atom is -0.478 e. The molecule has 2 aliphatic rings. The van der Waals surface area contributed by atoms with Crippen molar-refractivity contribution in [2.24, 2.45) is 5.92 Å². The van der Waals surface area contributed by atoms with Crippen LogP contribution in [0.1, 0.15) is 16.8 Å². The number of carboxylic acid groups (broad SMARTS) is 1. The largest absolute Gasteiger partial charge is 0.478 e. The van der Waals surface area contributed by atoms with Crippen molar-refractivity contribution < 1.29 is 23.5 Å². The van der Waals surface area contributed by atoms with E-state index in [-0.39, 0.29) is 24.2 Å². The highest BCUT2D eigenvalue weighted by Gasteiger charge is 2.57. The molecule has 2 saturated heterocycles. The van der Waals surface area contributed by atoms with Crippen LogP contribution in [0.3, 0.4) is 0 Å². The first-order valence-corrected chi connectivity index (χ1v) is 7.05. The lowest BCUT2D eigenvalue weighted by Crippen LogP contribution is -2.49. The van der Waals surface area contributed by atoms with Gasteiger partial charge < -0.3 is 14.9 Å². The molecule has 5 nitrogen and oxygen atoms in total.